The van der Waals surface area contributed by atoms with Gasteiger partial charge in [-0.15, -0.1) is 0 Å². The minimum Gasteiger partial charge on any atom is -0.496 e. The first kappa shape index (κ1) is 15.1. The summed E-state index contributed by atoms with van der Waals surface area (Å²) in [4.78, 5) is 12.3. The maximum Gasteiger partial charge on any atom is 0.416 e. The van der Waals surface area contributed by atoms with E-state index in [0.29, 0.717) is 11.3 Å². The summed E-state index contributed by atoms with van der Waals surface area (Å²) in [6.45, 7) is 1.86. The average molecular weight is 294 g/mol. The van der Waals surface area contributed by atoms with Gasteiger partial charge in [0.1, 0.15) is 5.75 Å². The van der Waals surface area contributed by atoms with E-state index in [4.69, 9.17) is 4.74 Å². The van der Waals surface area contributed by atoms with Crippen LogP contribution < -0.4 is 4.74 Å². The maximum absolute atomic E-state index is 12.5. The topological polar surface area (TPSA) is 26.3 Å². The highest BCUT2D eigenvalue weighted by molar-refractivity contribution is 6.10. The van der Waals surface area contributed by atoms with Crippen LogP contribution in [0.15, 0.2) is 42.5 Å². The molecule has 2 rings (SSSR count). The van der Waals surface area contributed by atoms with Crippen molar-refractivity contribution in [2.24, 2.45) is 0 Å². The Morgan fingerprint density at radius 3 is 2.19 bits per heavy atom. The van der Waals surface area contributed by atoms with Gasteiger partial charge in [-0.05, 0) is 36.8 Å². The maximum atomic E-state index is 12.5. The Balaban J connectivity index is 2.37. The molecule has 0 bridgehead atoms. The number of halogens is 3. The van der Waals surface area contributed by atoms with E-state index in [0.717, 1.165) is 17.7 Å². The molecule has 0 aliphatic carbocycles. The highest BCUT2D eigenvalue weighted by atomic mass is 19.4. The summed E-state index contributed by atoms with van der Waals surface area (Å²) in [5.74, 6) is 0.0282. The van der Waals surface area contributed by atoms with Crippen LogP contribution in [0.5, 0.6) is 5.75 Å². The molecule has 0 amide bonds. The zero-order valence-corrected chi connectivity index (χ0v) is 11.5. The van der Waals surface area contributed by atoms with Gasteiger partial charge in [0, 0.05) is 5.56 Å². The Bertz CT molecular complexity index is 658. The summed E-state index contributed by atoms with van der Waals surface area (Å²) >= 11 is 0. The lowest BCUT2D eigenvalue weighted by Crippen LogP contribution is -2.07. The van der Waals surface area contributed by atoms with E-state index < -0.39 is 11.7 Å². The summed E-state index contributed by atoms with van der Waals surface area (Å²) in [5.41, 5.74) is 0.652. The minimum absolute atomic E-state index is 0.185. The van der Waals surface area contributed by atoms with Crippen LogP contribution in [0, 0.1) is 6.92 Å². The van der Waals surface area contributed by atoms with E-state index in [2.05, 4.69) is 0 Å². The molecular weight excluding hydrogens is 281 g/mol. The van der Waals surface area contributed by atoms with Crippen LogP contribution >= 0.6 is 0 Å². The van der Waals surface area contributed by atoms with Crippen LogP contribution in [0.4, 0.5) is 13.2 Å². The minimum atomic E-state index is -4.41. The van der Waals surface area contributed by atoms with Crippen molar-refractivity contribution in [3.8, 4) is 5.75 Å². The third-order valence-electron chi connectivity index (χ3n) is 3.08. The molecule has 0 fully saturated rings. The second-order valence-corrected chi connectivity index (χ2v) is 4.61. The molecule has 0 heterocycles. The first-order valence-corrected chi connectivity index (χ1v) is 6.19. The lowest BCUT2D eigenvalue weighted by Gasteiger charge is -2.10. The highest BCUT2D eigenvalue weighted by Crippen LogP contribution is 2.30. The predicted octanol–water partition coefficient (Wildman–Crippen LogP) is 4.25. The molecule has 0 radical (unpaired) electrons. The number of rotatable bonds is 3. The molecule has 0 N–H and O–H groups in total. The van der Waals surface area contributed by atoms with E-state index in [1.54, 1.807) is 18.2 Å². The van der Waals surface area contributed by atoms with Crippen LogP contribution in [0.1, 0.15) is 27.0 Å². The smallest absolute Gasteiger partial charge is 0.416 e. The standard InChI is InChI=1S/C16H13F3O2/c1-10-3-8-13(14(9-10)21-2)15(20)11-4-6-12(7-5-11)16(17,18)19/h3-9H,1-2H3. The lowest BCUT2D eigenvalue weighted by molar-refractivity contribution is -0.137. The average Bonchev–Trinajstić information content (AvgIpc) is 2.45. The summed E-state index contributed by atoms with van der Waals surface area (Å²) in [6.07, 6.45) is -4.41. The molecule has 2 aromatic rings. The second kappa shape index (κ2) is 5.60. The third-order valence-corrected chi connectivity index (χ3v) is 3.08. The van der Waals surface area contributed by atoms with Gasteiger partial charge in [-0.25, -0.2) is 0 Å². The van der Waals surface area contributed by atoms with Crippen molar-refractivity contribution in [2.45, 2.75) is 13.1 Å². The molecular formula is C16H13F3O2. The number of carbonyl (C=O) groups is 1. The zero-order valence-electron chi connectivity index (χ0n) is 11.5. The fraction of sp³-hybridized carbons (Fsp3) is 0.188. The molecule has 110 valence electrons. The number of ketones is 1. The molecule has 2 nitrogen and oxygen atoms in total. The molecule has 0 unspecified atom stereocenters. The summed E-state index contributed by atoms with van der Waals surface area (Å²) in [5, 5.41) is 0. The van der Waals surface area contributed by atoms with Crippen molar-refractivity contribution in [3.05, 3.63) is 64.7 Å². The largest absolute Gasteiger partial charge is 0.496 e. The number of methoxy groups -OCH3 is 1. The van der Waals surface area contributed by atoms with Crippen LogP contribution in [-0.4, -0.2) is 12.9 Å². The number of alkyl halides is 3. The fourth-order valence-corrected chi connectivity index (χ4v) is 1.95. The number of aryl methyl sites for hydroxylation is 1. The van der Waals surface area contributed by atoms with Crippen LogP contribution in [0.2, 0.25) is 0 Å². The zero-order chi connectivity index (χ0) is 15.6. The van der Waals surface area contributed by atoms with E-state index in [9.17, 15) is 18.0 Å². The number of carbonyl (C=O) groups excluding carboxylic acids is 1. The van der Waals surface area contributed by atoms with Crippen LogP contribution in [-0.2, 0) is 6.18 Å². The fourth-order valence-electron chi connectivity index (χ4n) is 1.95. The molecule has 0 aromatic heterocycles. The predicted molar refractivity (Wildman–Crippen MR) is 72.6 cm³/mol. The van der Waals surface area contributed by atoms with Crippen molar-refractivity contribution in [1.82, 2.24) is 0 Å². The SMILES string of the molecule is COc1cc(C)ccc1C(=O)c1ccc(C(F)(F)F)cc1. The molecule has 0 saturated heterocycles. The number of hydrogen-bond donors (Lipinski definition) is 0. The second-order valence-electron chi connectivity index (χ2n) is 4.61. The van der Waals surface area contributed by atoms with Crippen LogP contribution in [0.25, 0.3) is 0 Å². The summed E-state index contributed by atoms with van der Waals surface area (Å²) in [6, 6.07) is 9.20. The van der Waals surface area contributed by atoms with Crippen molar-refractivity contribution in [2.75, 3.05) is 7.11 Å². The van der Waals surface area contributed by atoms with E-state index in [1.165, 1.54) is 19.2 Å². The first-order valence-electron chi connectivity index (χ1n) is 6.19. The summed E-state index contributed by atoms with van der Waals surface area (Å²) < 4.78 is 42.7. The van der Waals surface area contributed by atoms with Gasteiger partial charge in [-0.2, -0.15) is 13.2 Å². The number of benzene rings is 2. The van der Waals surface area contributed by atoms with Gasteiger partial charge in [0.15, 0.2) is 5.78 Å². The highest BCUT2D eigenvalue weighted by Gasteiger charge is 2.30. The van der Waals surface area contributed by atoms with Gasteiger partial charge in [0.2, 0.25) is 0 Å². The Morgan fingerprint density at radius 1 is 1.05 bits per heavy atom. The Kier molecular flexibility index (Phi) is 4.02. The number of hydrogen-bond acceptors (Lipinski definition) is 2. The Labute approximate surface area is 120 Å². The first-order chi connectivity index (χ1) is 9.82. The lowest BCUT2D eigenvalue weighted by atomic mass is 10.00. The van der Waals surface area contributed by atoms with Gasteiger partial charge in [-0.3, -0.25) is 4.79 Å². The quantitative estimate of drug-likeness (QED) is 0.791. The molecule has 5 heteroatoms. The van der Waals surface area contributed by atoms with Crippen molar-refractivity contribution in [1.29, 1.82) is 0 Å². The molecule has 2 aromatic carbocycles. The molecule has 0 aliphatic heterocycles. The Morgan fingerprint density at radius 2 is 1.67 bits per heavy atom. The molecule has 0 spiro atoms. The monoisotopic (exact) mass is 294 g/mol. The van der Waals surface area contributed by atoms with Gasteiger partial charge >= 0.3 is 6.18 Å². The van der Waals surface area contributed by atoms with Crippen LogP contribution in [0.3, 0.4) is 0 Å². The van der Waals surface area contributed by atoms with Crippen molar-refractivity contribution in [3.63, 3.8) is 0 Å². The molecule has 0 atom stereocenters. The number of ether oxygens (including phenoxy) is 1. The van der Waals surface area contributed by atoms with E-state index >= 15 is 0 Å². The molecule has 0 saturated carbocycles. The van der Waals surface area contributed by atoms with Gasteiger partial charge in [-0.1, -0.05) is 18.2 Å². The van der Waals surface area contributed by atoms with E-state index in [1.807, 2.05) is 6.92 Å². The van der Waals surface area contributed by atoms with E-state index in [-0.39, 0.29) is 11.3 Å². The molecule has 0 aliphatic rings. The van der Waals surface area contributed by atoms with Gasteiger partial charge < -0.3 is 4.74 Å². The summed E-state index contributed by atoms with van der Waals surface area (Å²) in [7, 11) is 1.44. The van der Waals surface area contributed by atoms with Crippen molar-refractivity contribution >= 4 is 5.78 Å². The van der Waals surface area contributed by atoms with Crippen molar-refractivity contribution < 1.29 is 22.7 Å². The third kappa shape index (κ3) is 3.24. The normalized spacial score (nSPS) is 11.3. The van der Waals surface area contributed by atoms with Gasteiger partial charge in [0.25, 0.3) is 0 Å². The molecule has 21 heavy (non-hydrogen) atoms. The Hall–Kier alpha value is -2.30. The van der Waals surface area contributed by atoms with Gasteiger partial charge in [0.05, 0.1) is 18.2 Å².